The first-order chi connectivity index (χ1) is 16.0. The Bertz CT molecular complexity index is 1150. The number of nitrogens with two attached hydrogens (primary N) is 1. The Morgan fingerprint density at radius 3 is 2.64 bits per heavy atom. The molecule has 0 saturated carbocycles. The van der Waals surface area contributed by atoms with Crippen molar-refractivity contribution in [2.45, 2.75) is 39.4 Å². The van der Waals surface area contributed by atoms with Crippen LogP contribution in [0.15, 0.2) is 28.7 Å². The smallest absolute Gasteiger partial charge is 0.342 e. The zero-order valence-corrected chi connectivity index (χ0v) is 18.5. The highest BCUT2D eigenvalue weighted by Crippen LogP contribution is 2.29. The minimum atomic E-state index is -0.563. The van der Waals surface area contributed by atoms with E-state index in [1.54, 1.807) is 38.1 Å². The molecule has 1 aliphatic heterocycles. The van der Waals surface area contributed by atoms with E-state index >= 15 is 0 Å². The summed E-state index contributed by atoms with van der Waals surface area (Å²) >= 11 is 0. The molecule has 2 N–H and O–H groups in total. The number of nitrogens with zero attached hydrogens (tertiary/aromatic N) is 2. The lowest BCUT2D eigenvalue weighted by atomic mass is 10.2. The number of benzene rings is 1. The van der Waals surface area contributed by atoms with Crippen LogP contribution in [0.4, 0.5) is 5.82 Å². The number of fused-ring (bicyclic) bond motifs is 1. The normalized spacial score (nSPS) is 15.5. The van der Waals surface area contributed by atoms with E-state index in [-0.39, 0.29) is 47.6 Å². The zero-order valence-electron chi connectivity index (χ0n) is 18.5. The minimum Gasteiger partial charge on any atom is -0.491 e. The van der Waals surface area contributed by atoms with Gasteiger partial charge < -0.3 is 29.1 Å². The molecule has 2 aromatic heterocycles. The fraction of sp³-hybridized carbons (Fsp3) is 0.391. The van der Waals surface area contributed by atoms with E-state index in [1.807, 2.05) is 0 Å². The van der Waals surface area contributed by atoms with Gasteiger partial charge in [0.15, 0.2) is 12.4 Å². The Labute approximate surface area is 190 Å². The van der Waals surface area contributed by atoms with Gasteiger partial charge in [-0.2, -0.15) is 4.98 Å². The van der Waals surface area contributed by atoms with Crippen LogP contribution >= 0.6 is 0 Å². The zero-order chi connectivity index (χ0) is 23.4. The van der Waals surface area contributed by atoms with E-state index < -0.39 is 11.9 Å². The van der Waals surface area contributed by atoms with Crippen LogP contribution in [0, 0.1) is 6.92 Å². The van der Waals surface area contributed by atoms with Crippen LogP contribution < -0.4 is 10.5 Å². The summed E-state index contributed by atoms with van der Waals surface area (Å²) in [6, 6.07) is 6.64. The molecule has 0 spiro atoms. The van der Waals surface area contributed by atoms with Crippen molar-refractivity contribution in [2.24, 2.45) is 0 Å². The fourth-order valence-corrected chi connectivity index (χ4v) is 3.56. The first-order valence-electron chi connectivity index (χ1n) is 10.7. The number of aryl methyl sites for hydroxylation is 1. The Kier molecular flexibility index (Phi) is 6.74. The van der Waals surface area contributed by atoms with Gasteiger partial charge in [0.25, 0.3) is 0 Å². The molecule has 0 aliphatic carbocycles. The van der Waals surface area contributed by atoms with Crippen LogP contribution in [0.1, 0.15) is 52.1 Å². The quantitative estimate of drug-likeness (QED) is 0.504. The number of nitrogen functional groups attached to an aromatic ring is 1. The van der Waals surface area contributed by atoms with E-state index in [4.69, 9.17) is 29.1 Å². The predicted octanol–water partition coefficient (Wildman–Crippen LogP) is 3.20. The number of rotatable bonds is 8. The molecule has 1 aromatic carbocycles. The maximum atomic E-state index is 12.4. The summed E-state index contributed by atoms with van der Waals surface area (Å²) < 4.78 is 27.1. The Balaban J connectivity index is 1.39. The first kappa shape index (κ1) is 22.5. The molecule has 1 saturated heterocycles. The third-order valence-electron chi connectivity index (χ3n) is 5.16. The van der Waals surface area contributed by atoms with Gasteiger partial charge in [-0.1, -0.05) is 0 Å². The molecular formula is C23H25N3O7. The number of aromatic nitrogens is 2. The molecule has 4 rings (SSSR count). The fourth-order valence-electron chi connectivity index (χ4n) is 3.56. The first-order valence-corrected chi connectivity index (χ1v) is 10.7. The summed E-state index contributed by atoms with van der Waals surface area (Å²) in [5, 5.41) is 0.277. The van der Waals surface area contributed by atoms with Crippen LogP contribution in [0.25, 0.3) is 11.1 Å². The van der Waals surface area contributed by atoms with Gasteiger partial charge in [0.2, 0.25) is 5.71 Å². The largest absolute Gasteiger partial charge is 0.491 e. The van der Waals surface area contributed by atoms with Crippen molar-refractivity contribution in [3.05, 3.63) is 47.0 Å². The van der Waals surface area contributed by atoms with E-state index in [0.717, 1.165) is 19.4 Å². The topological polar surface area (TPSA) is 136 Å². The highest BCUT2D eigenvalue weighted by atomic mass is 16.5. The average Bonchev–Trinajstić information content (AvgIpc) is 3.44. The second-order valence-corrected chi connectivity index (χ2v) is 7.51. The van der Waals surface area contributed by atoms with Gasteiger partial charge in [0.1, 0.15) is 29.5 Å². The Hall–Kier alpha value is -3.66. The Morgan fingerprint density at radius 1 is 1.15 bits per heavy atom. The lowest BCUT2D eigenvalue weighted by Gasteiger charge is -2.11. The third-order valence-corrected chi connectivity index (χ3v) is 5.16. The summed E-state index contributed by atoms with van der Waals surface area (Å²) in [4.78, 5) is 33.0. The monoisotopic (exact) mass is 455 g/mol. The lowest BCUT2D eigenvalue weighted by Crippen LogP contribution is -2.16. The molecule has 0 amide bonds. The van der Waals surface area contributed by atoms with Crippen molar-refractivity contribution in [3.63, 3.8) is 0 Å². The lowest BCUT2D eigenvalue weighted by molar-refractivity contribution is 0.0461. The highest BCUT2D eigenvalue weighted by Gasteiger charge is 2.24. The number of anilines is 1. The van der Waals surface area contributed by atoms with Crippen molar-refractivity contribution < 1.29 is 33.0 Å². The van der Waals surface area contributed by atoms with Gasteiger partial charge in [-0.15, -0.1) is 0 Å². The van der Waals surface area contributed by atoms with Crippen molar-refractivity contribution in [1.29, 1.82) is 0 Å². The molecule has 33 heavy (non-hydrogen) atoms. The highest BCUT2D eigenvalue weighted by molar-refractivity contribution is 6.07. The minimum absolute atomic E-state index is 0.0405. The average molecular weight is 455 g/mol. The second kappa shape index (κ2) is 9.86. The van der Waals surface area contributed by atoms with Crippen molar-refractivity contribution >= 4 is 28.9 Å². The maximum Gasteiger partial charge on any atom is 0.342 e. The molecule has 1 fully saturated rings. The number of furan rings is 1. The number of hydrogen-bond acceptors (Lipinski definition) is 10. The predicted molar refractivity (Wildman–Crippen MR) is 117 cm³/mol. The summed E-state index contributed by atoms with van der Waals surface area (Å²) in [6.45, 7) is 4.56. The van der Waals surface area contributed by atoms with Crippen LogP contribution in [0.3, 0.4) is 0 Å². The van der Waals surface area contributed by atoms with E-state index in [1.165, 1.54) is 0 Å². The van der Waals surface area contributed by atoms with E-state index in [2.05, 4.69) is 9.97 Å². The van der Waals surface area contributed by atoms with Gasteiger partial charge in [-0.05, 0) is 51.0 Å². The second-order valence-electron chi connectivity index (χ2n) is 7.51. The molecule has 10 nitrogen and oxygen atoms in total. The molecule has 1 unspecified atom stereocenters. The standard InChI is InChI=1S/C23H25N3O7/c1-3-29-23(28)18-13(2)33-21-19(18)20(24)25-17(26-21)12-32-22(27)14-6-8-15(9-7-14)31-11-16-5-4-10-30-16/h6-9,16H,3-5,10-12H2,1-2H3,(H2,24,25,26). The molecular weight excluding hydrogens is 430 g/mol. The molecule has 1 aliphatic rings. The summed E-state index contributed by atoms with van der Waals surface area (Å²) in [5.41, 5.74) is 6.70. The number of carbonyl (C=O) groups excluding carboxylic acids is 2. The number of ether oxygens (including phenoxy) is 4. The SMILES string of the molecule is CCOC(=O)c1c(C)oc2nc(COC(=O)c3ccc(OCC4CCCO4)cc3)nc(N)c12. The molecule has 1 atom stereocenters. The van der Waals surface area contributed by atoms with Crippen LogP contribution in [-0.4, -0.2) is 47.8 Å². The number of esters is 2. The van der Waals surface area contributed by atoms with Crippen LogP contribution in [-0.2, 0) is 20.8 Å². The molecule has 174 valence electrons. The van der Waals surface area contributed by atoms with Crippen molar-refractivity contribution in [3.8, 4) is 5.75 Å². The van der Waals surface area contributed by atoms with Crippen molar-refractivity contribution in [2.75, 3.05) is 25.6 Å². The van der Waals surface area contributed by atoms with Gasteiger partial charge >= 0.3 is 11.9 Å². The molecule has 3 heterocycles. The molecule has 3 aromatic rings. The molecule has 10 heteroatoms. The van der Waals surface area contributed by atoms with Gasteiger partial charge in [-0.25, -0.2) is 14.6 Å². The van der Waals surface area contributed by atoms with Crippen molar-refractivity contribution in [1.82, 2.24) is 9.97 Å². The summed E-state index contributed by atoms with van der Waals surface area (Å²) in [6.07, 6.45) is 2.16. The molecule has 0 radical (unpaired) electrons. The summed E-state index contributed by atoms with van der Waals surface area (Å²) in [5.74, 6) is 0.0412. The van der Waals surface area contributed by atoms with Crippen LogP contribution in [0.2, 0.25) is 0 Å². The molecule has 0 bridgehead atoms. The Morgan fingerprint density at radius 2 is 1.94 bits per heavy atom. The summed E-state index contributed by atoms with van der Waals surface area (Å²) in [7, 11) is 0. The van der Waals surface area contributed by atoms with Crippen LogP contribution in [0.5, 0.6) is 5.75 Å². The van der Waals surface area contributed by atoms with Gasteiger partial charge in [0, 0.05) is 6.61 Å². The number of hydrogen-bond donors (Lipinski definition) is 1. The van der Waals surface area contributed by atoms with E-state index in [9.17, 15) is 9.59 Å². The maximum absolute atomic E-state index is 12.4. The number of carbonyl (C=O) groups is 2. The van der Waals surface area contributed by atoms with Gasteiger partial charge in [0.05, 0.1) is 23.7 Å². The van der Waals surface area contributed by atoms with E-state index in [0.29, 0.717) is 23.7 Å². The third kappa shape index (κ3) is 5.06. The van der Waals surface area contributed by atoms with Gasteiger partial charge in [-0.3, -0.25) is 0 Å².